The maximum Gasteiger partial charge on any atom is 0.224 e. The van der Waals surface area contributed by atoms with Gasteiger partial charge in [-0.3, -0.25) is 9.59 Å². The highest BCUT2D eigenvalue weighted by Gasteiger charge is 2.29. The van der Waals surface area contributed by atoms with E-state index in [2.05, 4.69) is 4.98 Å². The zero-order valence-electron chi connectivity index (χ0n) is 13.5. The fourth-order valence-electron chi connectivity index (χ4n) is 2.80. The summed E-state index contributed by atoms with van der Waals surface area (Å²) in [6.45, 7) is 0. The van der Waals surface area contributed by atoms with E-state index in [0.717, 1.165) is 15.8 Å². The van der Waals surface area contributed by atoms with Gasteiger partial charge in [-0.15, -0.1) is 11.8 Å². The zero-order chi connectivity index (χ0) is 17.3. The molecule has 124 valence electrons. The number of aliphatic hydroxyl groups excluding tert-OH is 1. The lowest BCUT2D eigenvalue weighted by molar-refractivity contribution is -0.123. The summed E-state index contributed by atoms with van der Waals surface area (Å²) < 4.78 is 5.27. The maximum atomic E-state index is 12.1. The Morgan fingerprint density at radius 2 is 1.92 bits per heavy atom. The van der Waals surface area contributed by atoms with Crippen molar-refractivity contribution in [2.24, 2.45) is 0 Å². The summed E-state index contributed by atoms with van der Waals surface area (Å²) in [4.78, 5) is 29.6. The highest BCUT2D eigenvalue weighted by molar-refractivity contribution is 7.98. The number of hydrogen-bond acceptors (Lipinski definition) is 6. The number of allylic oxidation sites excluding steroid dienone is 1. The Kier molecular flexibility index (Phi) is 4.57. The predicted molar refractivity (Wildman–Crippen MR) is 93.5 cm³/mol. The molecular formula is C18H17NO4S. The number of carbonyl (C=O) groups is 2. The molecule has 0 atom stereocenters. The Labute approximate surface area is 143 Å². The molecule has 1 aromatic carbocycles. The van der Waals surface area contributed by atoms with Crippen molar-refractivity contribution in [2.45, 2.75) is 24.2 Å². The number of methoxy groups -OCH3 is 1. The number of benzene rings is 1. The van der Waals surface area contributed by atoms with Crippen molar-refractivity contribution in [3.63, 3.8) is 0 Å². The molecule has 1 aromatic heterocycles. The molecule has 5 nitrogen and oxygen atoms in total. The van der Waals surface area contributed by atoms with E-state index in [0.29, 0.717) is 6.42 Å². The Bertz CT molecular complexity index is 855. The minimum absolute atomic E-state index is 0.138. The number of nitrogens with zero attached hydrogens (tertiary/aromatic N) is 1. The Balaban J connectivity index is 2.21. The third-order valence-electron chi connectivity index (χ3n) is 4.04. The molecule has 0 bridgehead atoms. The number of rotatable bonds is 3. The van der Waals surface area contributed by atoms with Crippen LogP contribution in [0, 0.1) is 0 Å². The van der Waals surface area contributed by atoms with Crippen molar-refractivity contribution in [3.05, 3.63) is 35.4 Å². The Morgan fingerprint density at radius 3 is 2.54 bits per heavy atom. The van der Waals surface area contributed by atoms with E-state index in [1.807, 2.05) is 24.5 Å². The van der Waals surface area contributed by atoms with Crippen LogP contribution >= 0.6 is 11.8 Å². The molecule has 6 heteroatoms. The lowest BCUT2D eigenvalue weighted by Crippen LogP contribution is -2.20. The molecule has 24 heavy (non-hydrogen) atoms. The van der Waals surface area contributed by atoms with E-state index in [-0.39, 0.29) is 47.2 Å². The molecule has 1 heterocycles. The average molecular weight is 343 g/mol. The zero-order valence-corrected chi connectivity index (χ0v) is 14.3. The van der Waals surface area contributed by atoms with Crippen molar-refractivity contribution in [1.29, 1.82) is 0 Å². The number of fused-ring (bicyclic) bond motifs is 1. The topological polar surface area (TPSA) is 76.5 Å². The second-order valence-electron chi connectivity index (χ2n) is 5.53. The first-order valence-corrected chi connectivity index (χ1v) is 8.80. The van der Waals surface area contributed by atoms with Gasteiger partial charge in [0.2, 0.25) is 5.88 Å². The van der Waals surface area contributed by atoms with Gasteiger partial charge in [-0.2, -0.15) is 0 Å². The van der Waals surface area contributed by atoms with Crippen molar-refractivity contribution < 1.29 is 19.4 Å². The standard InChI is InChI=1S/C18H17NO4S/c1-23-18-12(17(22)16-14(20)4-3-5-15(16)21)8-10-6-7-11(24-2)9-13(10)19-18/h6-9,22H,3-5H2,1-2H3. The van der Waals surface area contributed by atoms with Gasteiger partial charge in [-0.05, 0) is 30.9 Å². The minimum Gasteiger partial charge on any atom is -0.506 e. The van der Waals surface area contributed by atoms with Gasteiger partial charge in [0, 0.05) is 23.1 Å². The van der Waals surface area contributed by atoms with Gasteiger partial charge in [0.05, 0.1) is 18.2 Å². The number of pyridine rings is 1. The number of ketones is 2. The Morgan fingerprint density at radius 1 is 1.21 bits per heavy atom. The molecule has 2 aromatic rings. The van der Waals surface area contributed by atoms with Gasteiger partial charge in [-0.25, -0.2) is 4.98 Å². The molecule has 0 aliphatic heterocycles. The summed E-state index contributed by atoms with van der Waals surface area (Å²) in [6, 6.07) is 7.46. The molecule has 0 unspecified atom stereocenters. The molecule has 0 saturated heterocycles. The van der Waals surface area contributed by atoms with Gasteiger partial charge in [0.15, 0.2) is 11.6 Å². The van der Waals surface area contributed by atoms with Gasteiger partial charge < -0.3 is 9.84 Å². The normalized spacial score (nSPS) is 15.0. The fourth-order valence-corrected chi connectivity index (χ4v) is 3.23. The van der Waals surface area contributed by atoms with Crippen LogP contribution < -0.4 is 4.74 Å². The lowest BCUT2D eigenvalue weighted by atomic mass is 9.90. The van der Waals surface area contributed by atoms with Crippen LogP contribution in [0.15, 0.2) is 34.7 Å². The largest absolute Gasteiger partial charge is 0.506 e. The SMILES string of the molecule is COc1nc2cc(SC)ccc2cc1C(O)=C1C(=O)CCCC1=O. The summed E-state index contributed by atoms with van der Waals surface area (Å²) in [5, 5.41) is 11.4. The quantitative estimate of drug-likeness (QED) is 0.397. The molecule has 1 fully saturated rings. The van der Waals surface area contributed by atoms with Crippen LogP contribution in [0.25, 0.3) is 16.7 Å². The number of ether oxygens (including phenoxy) is 1. The maximum absolute atomic E-state index is 12.1. The predicted octanol–water partition coefficient (Wildman–Crippen LogP) is 3.56. The first-order chi connectivity index (χ1) is 11.5. The number of carbonyl (C=O) groups excluding carboxylic acids is 2. The van der Waals surface area contributed by atoms with Gasteiger partial charge in [-0.1, -0.05) is 6.07 Å². The summed E-state index contributed by atoms with van der Waals surface area (Å²) >= 11 is 1.60. The van der Waals surface area contributed by atoms with E-state index in [9.17, 15) is 14.7 Å². The first-order valence-electron chi connectivity index (χ1n) is 7.58. The second kappa shape index (κ2) is 6.65. The van der Waals surface area contributed by atoms with E-state index >= 15 is 0 Å². The lowest BCUT2D eigenvalue weighted by Gasteiger charge is -2.15. The second-order valence-corrected chi connectivity index (χ2v) is 6.41. The molecule has 0 amide bonds. The van der Waals surface area contributed by atoms with Crippen LogP contribution in [0.4, 0.5) is 0 Å². The number of hydrogen-bond donors (Lipinski definition) is 1. The van der Waals surface area contributed by atoms with Gasteiger partial charge in [0.25, 0.3) is 0 Å². The van der Waals surface area contributed by atoms with Crippen LogP contribution in [0.1, 0.15) is 24.8 Å². The summed E-state index contributed by atoms with van der Waals surface area (Å²) in [6.07, 6.45) is 3.04. The van der Waals surface area contributed by atoms with Crippen LogP contribution in [0.5, 0.6) is 5.88 Å². The first kappa shape index (κ1) is 16.5. The highest BCUT2D eigenvalue weighted by Crippen LogP contribution is 2.32. The fraction of sp³-hybridized carbons (Fsp3) is 0.278. The van der Waals surface area contributed by atoms with Gasteiger partial charge in [0.1, 0.15) is 11.3 Å². The number of aromatic nitrogens is 1. The van der Waals surface area contributed by atoms with Crippen LogP contribution in [-0.4, -0.2) is 35.0 Å². The number of aliphatic hydroxyl groups is 1. The Hall–Kier alpha value is -2.34. The van der Waals surface area contributed by atoms with E-state index in [1.165, 1.54) is 7.11 Å². The monoisotopic (exact) mass is 343 g/mol. The number of thioether (sulfide) groups is 1. The third kappa shape index (κ3) is 2.89. The van der Waals surface area contributed by atoms with Crippen LogP contribution in [-0.2, 0) is 9.59 Å². The van der Waals surface area contributed by atoms with Gasteiger partial charge >= 0.3 is 0 Å². The molecule has 0 radical (unpaired) electrons. The summed E-state index contributed by atoms with van der Waals surface area (Å²) in [5.41, 5.74) is 0.850. The highest BCUT2D eigenvalue weighted by atomic mass is 32.2. The molecule has 1 saturated carbocycles. The van der Waals surface area contributed by atoms with E-state index in [1.54, 1.807) is 17.8 Å². The summed E-state index contributed by atoms with van der Waals surface area (Å²) in [7, 11) is 1.44. The molecule has 1 aliphatic carbocycles. The van der Waals surface area contributed by atoms with E-state index in [4.69, 9.17) is 4.74 Å². The third-order valence-corrected chi connectivity index (χ3v) is 4.77. The van der Waals surface area contributed by atoms with E-state index < -0.39 is 0 Å². The molecule has 0 spiro atoms. The smallest absolute Gasteiger partial charge is 0.224 e. The average Bonchev–Trinajstić information content (AvgIpc) is 2.59. The van der Waals surface area contributed by atoms with Crippen molar-refractivity contribution >= 4 is 40.0 Å². The molecule has 1 aliphatic rings. The molecule has 1 N–H and O–H groups in total. The minimum atomic E-state index is -0.343. The molecular weight excluding hydrogens is 326 g/mol. The van der Waals surface area contributed by atoms with Crippen LogP contribution in [0.3, 0.4) is 0 Å². The van der Waals surface area contributed by atoms with Crippen molar-refractivity contribution in [2.75, 3.05) is 13.4 Å². The molecule has 3 rings (SSSR count). The summed E-state index contributed by atoms with van der Waals surface area (Å²) in [5.74, 6) is -0.811. The van der Waals surface area contributed by atoms with Crippen LogP contribution in [0.2, 0.25) is 0 Å². The number of Topliss-reactive ketones (excluding diaryl/α,β-unsaturated/α-hetero) is 2. The van der Waals surface area contributed by atoms with Crippen molar-refractivity contribution in [1.82, 2.24) is 4.98 Å². The van der Waals surface area contributed by atoms with Crippen molar-refractivity contribution in [3.8, 4) is 5.88 Å².